The second kappa shape index (κ2) is 8.24. The summed E-state index contributed by atoms with van der Waals surface area (Å²) in [5.41, 5.74) is 3.98. The van der Waals surface area contributed by atoms with Gasteiger partial charge in [-0.3, -0.25) is 11.3 Å². The van der Waals surface area contributed by atoms with Gasteiger partial charge in [0, 0.05) is 19.8 Å². The van der Waals surface area contributed by atoms with Crippen LogP contribution >= 0.6 is 0 Å². The lowest BCUT2D eigenvalue weighted by molar-refractivity contribution is 0.0658. The van der Waals surface area contributed by atoms with E-state index in [2.05, 4.69) is 17.6 Å². The van der Waals surface area contributed by atoms with Crippen LogP contribution in [0.4, 0.5) is 0 Å². The third kappa shape index (κ3) is 4.72. The molecular weight excluding hydrogens is 204 g/mol. The number of rotatable bonds is 8. The molecule has 0 aliphatic rings. The average molecular weight is 224 g/mol. The van der Waals surface area contributed by atoms with Crippen LogP contribution in [0.3, 0.4) is 0 Å². The van der Waals surface area contributed by atoms with Gasteiger partial charge in [0.1, 0.15) is 0 Å². The molecule has 90 valence electrons. The summed E-state index contributed by atoms with van der Waals surface area (Å²) in [7, 11) is 1.66. The molecule has 0 aliphatic carbocycles. The van der Waals surface area contributed by atoms with Crippen molar-refractivity contribution in [3.63, 3.8) is 0 Å². The molecule has 1 aromatic rings. The highest BCUT2D eigenvalue weighted by molar-refractivity contribution is 5.18. The fourth-order valence-electron chi connectivity index (χ4n) is 1.48. The Balaban J connectivity index is 2.27. The van der Waals surface area contributed by atoms with Gasteiger partial charge in [-0.1, -0.05) is 30.3 Å². The van der Waals surface area contributed by atoms with Gasteiger partial charge in [-0.2, -0.15) is 0 Å². The summed E-state index contributed by atoms with van der Waals surface area (Å²) in [4.78, 5) is 0. The van der Waals surface area contributed by atoms with Gasteiger partial charge in [0.25, 0.3) is 0 Å². The van der Waals surface area contributed by atoms with E-state index in [1.165, 1.54) is 5.56 Å². The van der Waals surface area contributed by atoms with Gasteiger partial charge in [-0.05, 0) is 12.0 Å². The molecule has 0 saturated carbocycles. The summed E-state index contributed by atoms with van der Waals surface area (Å²) in [5, 5.41) is 0. The molecule has 0 radical (unpaired) electrons. The predicted molar refractivity (Wildman–Crippen MR) is 63.8 cm³/mol. The van der Waals surface area contributed by atoms with Crippen LogP contribution in [0.25, 0.3) is 0 Å². The third-order valence-electron chi connectivity index (χ3n) is 2.39. The Labute approximate surface area is 96.7 Å². The Bertz CT molecular complexity index is 267. The van der Waals surface area contributed by atoms with Crippen molar-refractivity contribution in [2.45, 2.75) is 12.5 Å². The number of hydrogen-bond donors (Lipinski definition) is 2. The SMILES string of the molecule is COCCOCCC(NN)c1ccccc1. The molecule has 16 heavy (non-hydrogen) atoms. The van der Waals surface area contributed by atoms with E-state index in [9.17, 15) is 0 Å². The van der Waals surface area contributed by atoms with E-state index in [1.54, 1.807) is 7.11 Å². The first-order chi connectivity index (χ1) is 7.88. The van der Waals surface area contributed by atoms with Crippen LogP contribution in [-0.4, -0.2) is 26.9 Å². The topological polar surface area (TPSA) is 56.5 Å². The second-order valence-electron chi connectivity index (χ2n) is 3.52. The van der Waals surface area contributed by atoms with Crippen molar-refractivity contribution < 1.29 is 9.47 Å². The van der Waals surface area contributed by atoms with Crippen LogP contribution < -0.4 is 11.3 Å². The highest BCUT2D eigenvalue weighted by Crippen LogP contribution is 2.14. The Kier molecular flexibility index (Phi) is 6.76. The minimum absolute atomic E-state index is 0.142. The molecule has 0 heterocycles. The lowest BCUT2D eigenvalue weighted by atomic mass is 10.1. The normalized spacial score (nSPS) is 12.6. The van der Waals surface area contributed by atoms with Gasteiger partial charge in [-0.25, -0.2) is 0 Å². The van der Waals surface area contributed by atoms with Crippen LogP contribution in [0.15, 0.2) is 30.3 Å². The lowest BCUT2D eigenvalue weighted by Gasteiger charge is -2.16. The first kappa shape index (κ1) is 13.1. The largest absolute Gasteiger partial charge is 0.382 e. The molecule has 4 nitrogen and oxygen atoms in total. The van der Waals surface area contributed by atoms with E-state index in [4.69, 9.17) is 15.3 Å². The molecule has 0 fully saturated rings. The van der Waals surface area contributed by atoms with Gasteiger partial charge >= 0.3 is 0 Å². The van der Waals surface area contributed by atoms with Gasteiger partial charge in [-0.15, -0.1) is 0 Å². The van der Waals surface area contributed by atoms with Gasteiger partial charge in [0.2, 0.25) is 0 Å². The van der Waals surface area contributed by atoms with Crippen LogP contribution in [0.2, 0.25) is 0 Å². The smallest absolute Gasteiger partial charge is 0.0700 e. The number of nitrogens with one attached hydrogen (secondary N) is 1. The molecule has 1 rings (SSSR count). The monoisotopic (exact) mass is 224 g/mol. The molecule has 0 amide bonds. The van der Waals surface area contributed by atoms with Crippen LogP contribution in [0, 0.1) is 0 Å². The molecule has 0 bridgehead atoms. The predicted octanol–water partition coefficient (Wildman–Crippen LogP) is 1.24. The number of ether oxygens (including phenoxy) is 2. The average Bonchev–Trinajstić information content (AvgIpc) is 2.35. The molecule has 0 spiro atoms. The summed E-state index contributed by atoms with van der Waals surface area (Å²) in [6, 6.07) is 10.3. The summed E-state index contributed by atoms with van der Waals surface area (Å²) < 4.78 is 10.3. The maximum absolute atomic E-state index is 5.52. The molecule has 3 N–H and O–H groups in total. The van der Waals surface area contributed by atoms with E-state index < -0.39 is 0 Å². The van der Waals surface area contributed by atoms with E-state index in [0.29, 0.717) is 19.8 Å². The minimum Gasteiger partial charge on any atom is -0.382 e. The van der Waals surface area contributed by atoms with Crippen molar-refractivity contribution >= 4 is 0 Å². The Morgan fingerprint density at radius 2 is 1.94 bits per heavy atom. The molecular formula is C12H20N2O2. The summed E-state index contributed by atoms with van der Waals surface area (Å²) in [6.07, 6.45) is 0.851. The van der Waals surface area contributed by atoms with Gasteiger partial charge < -0.3 is 9.47 Å². The van der Waals surface area contributed by atoms with Crippen molar-refractivity contribution in [3.05, 3.63) is 35.9 Å². The molecule has 0 aliphatic heterocycles. The molecule has 1 atom stereocenters. The van der Waals surface area contributed by atoms with E-state index in [-0.39, 0.29) is 6.04 Å². The highest BCUT2D eigenvalue weighted by Gasteiger charge is 2.08. The first-order valence-corrected chi connectivity index (χ1v) is 5.46. The van der Waals surface area contributed by atoms with Gasteiger partial charge in [0.15, 0.2) is 0 Å². The van der Waals surface area contributed by atoms with Crippen LogP contribution in [0.1, 0.15) is 18.0 Å². The van der Waals surface area contributed by atoms with Gasteiger partial charge in [0.05, 0.1) is 13.2 Å². The lowest BCUT2D eigenvalue weighted by Crippen LogP contribution is -2.29. The number of hydrazine groups is 1. The molecule has 4 heteroatoms. The Morgan fingerprint density at radius 3 is 2.56 bits per heavy atom. The zero-order valence-corrected chi connectivity index (χ0v) is 9.69. The molecule has 0 saturated heterocycles. The Hall–Kier alpha value is -0.940. The number of benzene rings is 1. The zero-order valence-electron chi connectivity index (χ0n) is 9.69. The summed E-state index contributed by atoms with van der Waals surface area (Å²) in [6.45, 7) is 1.93. The molecule has 1 aromatic carbocycles. The standard InChI is InChI=1S/C12H20N2O2/c1-15-9-10-16-8-7-12(14-13)11-5-3-2-4-6-11/h2-6,12,14H,7-10,13H2,1H3. The molecule has 0 aromatic heterocycles. The third-order valence-corrected chi connectivity index (χ3v) is 2.39. The maximum atomic E-state index is 5.52. The van der Waals surface area contributed by atoms with Crippen molar-refractivity contribution in [2.24, 2.45) is 5.84 Å². The second-order valence-corrected chi connectivity index (χ2v) is 3.52. The minimum atomic E-state index is 0.142. The van der Waals surface area contributed by atoms with E-state index in [0.717, 1.165) is 6.42 Å². The van der Waals surface area contributed by atoms with Crippen molar-refractivity contribution in [2.75, 3.05) is 26.9 Å². The highest BCUT2D eigenvalue weighted by atomic mass is 16.5. The first-order valence-electron chi connectivity index (χ1n) is 5.46. The maximum Gasteiger partial charge on any atom is 0.0700 e. The van der Waals surface area contributed by atoms with Crippen LogP contribution in [-0.2, 0) is 9.47 Å². The number of methoxy groups -OCH3 is 1. The van der Waals surface area contributed by atoms with E-state index in [1.807, 2.05) is 18.2 Å². The van der Waals surface area contributed by atoms with Crippen molar-refractivity contribution in [1.29, 1.82) is 0 Å². The molecule has 1 unspecified atom stereocenters. The van der Waals surface area contributed by atoms with Crippen molar-refractivity contribution in [1.82, 2.24) is 5.43 Å². The number of nitrogens with two attached hydrogens (primary N) is 1. The summed E-state index contributed by atoms with van der Waals surface area (Å²) in [5.74, 6) is 5.52. The quantitative estimate of drug-likeness (QED) is 0.396. The fourth-order valence-corrected chi connectivity index (χ4v) is 1.48. The zero-order chi connectivity index (χ0) is 11.6. The van der Waals surface area contributed by atoms with Crippen molar-refractivity contribution in [3.8, 4) is 0 Å². The fraction of sp³-hybridized carbons (Fsp3) is 0.500. The number of hydrogen-bond acceptors (Lipinski definition) is 4. The van der Waals surface area contributed by atoms with E-state index >= 15 is 0 Å². The Morgan fingerprint density at radius 1 is 1.19 bits per heavy atom. The van der Waals surface area contributed by atoms with Crippen LogP contribution in [0.5, 0.6) is 0 Å². The summed E-state index contributed by atoms with van der Waals surface area (Å²) >= 11 is 0.